The lowest BCUT2D eigenvalue weighted by molar-refractivity contribution is -0.145. The first-order valence-corrected chi connectivity index (χ1v) is 16.3. The summed E-state index contributed by atoms with van der Waals surface area (Å²) in [6.45, 7) is 11.6. The number of carbonyl (C=O) groups is 8. The fourth-order valence-electron chi connectivity index (χ4n) is 5.05. The van der Waals surface area contributed by atoms with Crippen LogP contribution in [0.2, 0.25) is 0 Å². The number of nitrogens with zero attached hydrogens (tertiary/aromatic N) is 1. The predicted octanol–water partition coefficient (Wildman–Crippen LogP) is -0.731. The second kappa shape index (κ2) is 19.1. The van der Waals surface area contributed by atoms with Crippen LogP contribution < -0.4 is 26.6 Å². The molecule has 16 nitrogen and oxygen atoms in total. The Kier molecular flexibility index (Phi) is 16.7. The molecule has 1 saturated heterocycles. The van der Waals surface area contributed by atoms with E-state index in [2.05, 4.69) is 39.2 Å². The van der Waals surface area contributed by atoms with Gasteiger partial charge in [-0.1, -0.05) is 48.0 Å². The van der Waals surface area contributed by atoms with Gasteiger partial charge >= 0.3 is 11.9 Å². The zero-order chi connectivity index (χ0) is 36.2. The summed E-state index contributed by atoms with van der Waals surface area (Å²) in [7, 11) is 0. The van der Waals surface area contributed by atoms with Crippen LogP contribution in [0.1, 0.15) is 74.1 Å². The fourth-order valence-corrected chi connectivity index (χ4v) is 5.30. The minimum absolute atomic E-state index is 0.144. The number of carbonyl (C=O) groups excluding carboxylic acids is 6. The monoisotopic (exact) mass is 686 g/mol. The Balaban J connectivity index is 3.19. The van der Waals surface area contributed by atoms with Crippen LogP contribution in [0.5, 0.6) is 0 Å². The molecule has 266 valence electrons. The lowest BCUT2D eigenvalue weighted by atomic mass is 9.95. The molecule has 1 rings (SSSR count). The summed E-state index contributed by atoms with van der Waals surface area (Å²) in [5.74, 6) is -8.21. The number of nitrogens with one attached hydrogen (secondary N) is 5. The Morgan fingerprint density at radius 1 is 0.766 bits per heavy atom. The third-order valence-corrected chi connectivity index (χ3v) is 8.34. The van der Waals surface area contributed by atoms with E-state index in [0.717, 1.165) is 6.92 Å². The molecule has 0 unspecified atom stereocenters. The molecule has 0 aromatic rings. The second-order valence-corrected chi connectivity index (χ2v) is 12.8. The molecule has 0 aromatic heterocycles. The summed E-state index contributed by atoms with van der Waals surface area (Å²) in [5.41, 5.74) is 0. The van der Waals surface area contributed by atoms with Crippen LogP contribution in [0.4, 0.5) is 0 Å². The smallest absolute Gasteiger partial charge is 0.327 e. The summed E-state index contributed by atoms with van der Waals surface area (Å²) in [6.07, 6.45) is 0.531. The highest BCUT2D eigenvalue weighted by molar-refractivity contribution is 7.80. The van der Waals surface area contributed by atoms with Crippen LogP contribution in [0.25, 0.3) is 0 Å². The molecule has 1 aliphatic rings. The molecule has 1 heterocycles. The highest BCUT2D eigenvalue weighted by Crippen LogP contribution is 2.21. The first-order chi connectivity index (χ1) is 21.9. The minimum Gasteiger partial charge on any atom is -0.481 e. The summed E-state index contributed by atoms with van der Waals surface area (Å²) in [5, 5.41) is 31.0. The Morgan fingerprint density at radius 3 is 1.77 bits per heavy atom. The number of amides is 6. The predicted molar refractivity (Wildman–Crippen MR) is 173 cm³/mol. The van der Waals surface area contributed by atoms with Gasteiger partial charge in [0.15, 0.2) is 0 Å². The SMILES string of the molecule is CC[C@H](C)[C@H](NC(=O)[C@H](NC(=O)[C@H](CC(=O)O)NC(C)=O)C(C)C)C(=O)N[C@H](C(=O)N1CCC[C@H]1C(=O)N[C@@H](CS)C(=O)O)C(C)C. The average molecular weight is 687 g/mol. The molecule has 6 amide bonds. The molecule has 0 saturated carbocycles. The number of carboxylic acids is 2. The van der Waals surface area contributed by atoms with Gasteiger partial charge < -0.3 is 41.7 Å². The summed E-state index contributed by atoms with van der Waals surface area (Å²) >= 11 is 3.96. The number of carboxylic acid groups (broad SMARTS) is 2. The summed E-state index contributed by atoms with van der Waals surface area (Å²) < 4.78 is 0. The number of hydrogen-bond donors (Lipinski definition) is 8. The molecule has 0 aromatic carbocycles. The maximum Gasteiger partial charge on any atom is 0.327 e. The molecule has 0 aliphatic carbocycles. The van der Waals surface area contributed by atoms with E-state index in [4.69, 9.17) is 5.11 Å². The molecule has 1 aliphatic heterocycles. The fraction of sp³-hybridized carbons (Fsp3) is 0.733. The van der Waals surface area contributed by atoms with Gasteiger partial charge in [-0.3, -0.25) is 33.6 Å². The standard InChI is InChI=1S/C30H50N6O10S/c1-8-16(6)24(35-27(42)22(14(2)3)33-25(40)18(12-21(38)39)31-17(7)37)28(43)34-23(15(4)5)29(44)36-11-9-10-20(36)26(41)32-19(13-47)30(45)46/h14-16,18-20,22-24,47H,8-13H2,1-7H3,(H,31,37)(H,32,41)(H,33,40)(H,34,43)(H,35,42)(H,38,39)(H,45,46)/t16-,18-,19-,20-,22+,23-,24-/m0/s1. The van der Waals surface area contributed by atoms with Gasteiger partial charge in [0.25, 0.3) is 0 Å². The van der Waals surface area contributed by atoms with Crippen molar-refractivity contribution in [1.82, 2.24) is 31.5 Å². The van der Waals surface area contributed by atoms with Gasteiger partial charge in [0.05, 0.1) is 6.42 Å². The van der Waals surface area contributed by atoms with Crippen LogP contribution >= 0.6 is 12.6 Å². The highest BCUT2D eigenvalue weighted by atomic mass is 32.1. The van der Waals surface area contributed by atoms with E-state index in [1.807, 2.05) is 0 Å². The number of hydrogen-bond acceptors (Lipinski definition) is 9. The van der Waals surface area contributed by atoms with Gasteiger partial charge in [-0.05, 0) is 30.6 Å². The lowest BCUT2D eigenvalue weighted by Crippen LogP contribution is -2.62. The van der Waals surface area contributed by atoms with Gasteiger partial charge in [-0.15, -0.1) is 0 Å². The minimum atomic E-state index is -1.44. The van der Waals surface area contributed by atoms with Crippen molar-refractivity contribution < 1.29 is 48.6 Å². The molecule has 17 heteroatoms. The van der Waals surface area contributed by atoms with E-state index in [1.54, 1.807) is 41.5 Å². The zero-order valence-electron chi connectivity index (χ0n) is 28.0. The normalized spacial score (nSPS) is 18.3. The van der Waals surface area contributed by atoms with Gasteiger partial charge in [0.1, 0.15) is 36.3 Å². The molecule has 0 radical (unpaired) electrons. The van der Waals surface area contributed by atoms with Crippen molar-refractivity contribution in [2.75, 3.05) is 12.3 Å². The highest BCUT2D eigenvalue weighted by Gasteiger charge is 2.41. The second-order valence-electron chi connectivity index (χ2n) is 12.5. The Labute approximate surface area is 280 Å². The van der Waals surface area contributed by atoms with E-state index in [9.17, 15) is 43.5 Å². The average Bonchev–Trinajstić information content (AvgIpc) is 3.48. The van der Waals surface area contributed by atoms with Crippen molar-refractivity contribution in [3.63, 3.8) is 0 Å². The van der Waals surface area contributed by atoms with E-state index in [0.29, 0.717) is 19.3 Å². The van der Waals surface area contributed by atoms with Crippen LogP contribution in [0.15, 0.2) is 0 Å². The van der Waals surface area contributed by atoms with Crippen molar-refractivity contribution in [3.8, 4) is 0 Å². The number of rotatable bonds is 18. The Morgan fingerprint density at radius 2 is 1.30 bits per heavy atom. The molecule has 0 bridgehead atoms. The van der Waals surface area contributed by atoms with Crippen LogP contribution in [0.3, 0.4) is 0 Å². The first kappa shape index (κ1) is 41.1. The van der Waals surface area contributed by atoms with E-state index >= 15 is 0 Å². The maximum atomic E-state index is 13.7. The van der Waals surface area contributed by atoms with Crippen LogP contribution in [0, 0.1) is 17.8 Å². The molecular formula is C30H50N6O10S. The van der Waals surface area contributed by atoms with Crippen molar-refractivity contribution in [2.45, 2.75) is 110 Å². The maximum absolute atomic E-state index is 13.7. The Hall–Kier alpha value is -3.89. The third kappa shape index (κ3) is 12.3. The van der Waals surface area contributed by atoms with Crippen molar-refractivity contribution in [2.24, 2.45) is 17.8 Å². The molecule has 7 atom stereocenters. The van der Waals surface area contributed by atoms with Gasteiger partial charge in [-0.2, -0.15) is 12.6 Å². The van der Waals surface area contributed by atoms with E-state index < -0.39 is 108 Å². The molecule has 47 heavy (non-hydrogen) atoms. The van der Waals surface area contributed by atoms with Crippen molar-refractivity contribution in [3.05, 3.63) is 0 Å². The van der Waals surface area contributed by atoms with Crippen LogP contribution in [-0.2, 0) is 38.4 Å². The third-order valence-electron chi connectivity index (χ3n) is 7.98. The number of aliphatic carboxylic acids is 2. The van der Waals surface area contributed by atoms with Gasteiger partial charge in [-0.25, -0.2) is 4.79 Å². The van der Waals surface area contributed by atoms with E-state index in [1.165, 1.54) is 4.90 Å². The first-order valence-electron chi connectivity index (χ1n) is 15.7. The topological polar surface area (TPSA) is 240 Å². The van der Waals surface area contributed by atoms with Crippen molar-refractivity contribution >= 4 is 60.0 Å². The largest absolute Gasteiger partial charge is 0.481 e. The van der Waals surface area contributed by atoms with Crippen molar-refractivity contribution in [1.29, 1.82) is 0 Å². The van der Waals surface area contributed by atoms with Crippen LogP contribution in [-0.4, -0.2) is 111 Å². The molecule has 7 N–H and O–H groups in total. The molecular weight excluding hydrogens is 636 g/mol. The van der Waals surface area contributed by atoms with Gasteiger partial charge in [0.2, 0.25) is 35.4 Å². The lowest BCUT2D eigenvalue weighted by Gasteiger charge is -2.33. The number of thiol groups is 1. The summed E-state index contributed by atoms with van der Waals surface area (Å²) in [4.78, 5) is 102. The van der Waals surface area contributed by atoms with Gasteiger partial charge in [0, 0.05) is 19.2 Å². The molecule has 1 fully saturated rings. The Bertz CT molecular complexity index is 1170. The molecule has 0 spiro atoms. The zero-order valence-corrected chi connectivity index (χ0v) is 28.9. The summed E-state index contributed by atoms with van der Waals surface area (Å²) in [6, 6.07) is -7.05. The number of likely N-dealkylation sites (tertiary alicyclic amines) is 1. The van der Waals surface area contributed by atoms with E-state index in [-0.39, 0.29) is 12.3 Å². The quantitative estimate of drug-likeness (QED) is 0.0841.